The molecule has 11 heteroatoms. The molecule has 2 aliphatic heterocycles. The number of nitrogens with one attached hydrogen (secondary N) is 1. The van der Waals surface area contributed by atoms with E-state index in [0.717, 1.165) is 24.5 Å². The number of nitrogen functional groups attached to an aromatic ring is 1. The Morgan fingerprint density at radius 2 is 1.73 bits per heavy atom. The third-order valence-corrected chi connectivity index (χ3v) is 6.33. The average molecular weight is 516 g/mol. The van der Waals surface area contributed by atoms with Crippen LogP contribution in [0.1, 0.15) is 18.4 Å². The van der Waals surface area contributed by atoms with Crippen molar-refractivity contribution in [2.24, 2.45) is 0 Å². The van der Waals surface area contributed by atoms with Crippen LogP contribution in [0.15, 0.2) is 48.7 Å². The minimum absolute atomic E-state index is 0.0629. The van der Waals surface area contributed by atoms with Crippen LogP contribution >= 0.6 is 0 Å². The fourth-order valence-corrected chi connectivity index (χ4v) is 4.42. The van der Waals surface area contributed by atoms with Crippen LogP contribution in [0.4, 0.5) is 36.2 Å². The first-order chi connectivity index (χ1) is 17.9. The van der Waals surface area contributed by atoms with E-state index in [-0.39, 0.29) is 23.4 Å². The van der Waals surface area contributed by atoms with Crippen LogP contribution in [0, 0.1) is 0 Å². The first-order valence-corrected chi connectivity index (χ1v) is 12.1. The number of benzene rings is 2. The maximum Gasteiger partial charge on any atom is 0.418 e. The number of hydrogen-bond acceptors (Lipinski definition) is 8. The predicted molar refractivity (Wildman–Crippen MR) is 134 cm³/mol. The van der Waals surface area contributed by atoms with Crippen molar-refractivity contribution >= 4 is 23.0 Å². The maximum atomic E-state index is 13.9. The third kappa shape index (κ3) is 6.05. The molecule has 0 aliphatic carbocycles. The largest absolute Gasteiger partial charge is 0.488 e. The lowest BCUT2D eigenvalue weighted by atomic mass is 10.1. The Labute approximate surface area is 212 Å². The van der Waals surface area contributed by atoms with Crippen molar-refractivity contribution in [2.75, 3.05) is 55.5 Å². The maximum absolute atomic E-state index is 13.9. The van der Waals surface area contributed by atoms with Crippen LogP contribution in [0.3, 0.4) is 0 Å². The van der Waals surface area contributed by atoms with Crippen molar-refractivity contribution in [1.29, 1.82) is 0 Å². The summed E-state index contributed by atoms with van der Waals surface area (Å²) in [6.07, 6.45) is -1.29. The van der Waals surface area contributed by atoms with Gasteiger partial charge in [0.25, 0.3) is 0 Å². The summed E-state index contributed by atoms with van der Waals surface area (Å²) in [6, 6.07) is 11.3. The van der Waals surface area contributed by atoms with E-state index in [2.05, 4.69) is 15.3 Å². The van der Waals surface area contributed by atoms with Gasteiger partial charge in [0, 0.05) is 49.1 Å². The Kier molecular flexibility index (Phi) is 7.33. The number of hydrogen-bond donors (Lipinski definition) is 2. The number of nitrogens with zero attached hydrogens (tertiary/aromatic N) is 3. The molecule has 196 valence electrons. The number of rotatable bonds is 6. The van der Waals surface area contributed by atoms with Crippen LogP contribution < -0.4 is 20.7 Å². The second-order valence-corrected chi connectivity index (χ2v) is 8.90. The molecule has 0 bridgehead atoms. The van der Waals surface area contributed by atoms with Gasteiger partial charge in [0.15, 0.2) is 0 Å². The smallest absolute Gasteiger partial charge is 0.418 e. The van der Waals surface area contributed by atoms with Crippen molar-refractivity contribution in [3.8, 4) is 17.0 Å². The molecule has 3 aromatic rings. The Morgan fingerprint density at radius 1 is 0.973 bits per heavy atom. The van der Waals surface area contributed by atoms with Crippen molar-refractivity contribution in [3.63, 3.8) is 0 Å². The summed E-state index contributed by atoms with van der Waals surface area (Å²) in [7, 11) is 0. The van der Waals surface area contributed by atoms with Gasteiger partial charge in [-0.2, -0.15) is 13.2 Å². The molecule has 1 aromatic heterocycles. The Balaban J connectivity index is 1.34. The molecule has 0 radical (unpaired) electrons. The summed E-state index contributed by atoms with van der Waals surface area (Å²) in [4.78, 5) is 10.4. The normalized spacial score (nSPS) is 17.0. The number of morpholine rings is 1. The van der Waals surface area contributed by atoms with Crippen molar-refractivity contribution in [3.05, 3.63) is 54.2 Å². The van der Waals surface area contributed by atoms with E-state index in [9.17, 15) is 13.2 Å². The molecule has 0 unspecified atom stereocenters. The summed E-state index contributed by atoms with van der Waals surface area (Å²) >= 11 is 0. The number of nitrogens with two attached hydrogens (primary N) is 1. The molecule has 0 amide bonds. The van der Waals surface area contributed by atoms with Crippen molar-refractivity contribution in [2.45, 2.75) is 25.1 Å². The molecular formula is C26H28F3N5O3. The zero-order valence-corrected chi connectivity index (χ0v) is 20.1. The van der Waals surface area contributed by atoms with E-state index >= 15 is 0 Å². The second kappa shape index (κ2) is 10.8. The monoisotopic (exact) mass is 515 g/mol. The highest BCUT2D eigenvalue weighted by Gasteiger charge is 2.35. The minimum atomic E-state index is -4.51. The predicted octanol–water partition coefficient (Wildman–Crippen LogP) is 4.88. The lowest BCUT2D eigenvalue weighted by Gasteiger charge is -2.31. The van der Waals surface area contributed by atoms with Crippen LogP contribution in [0.5, 0.6) is 5.75 Å². The van der Waals surface area contributed by atoms with Gasteiger partial charge in [0.05, 0.1) is 43.4 Å². The van der Waals surface area contributed by atoms with Crippen LogP contribution in [0.2, 0.25) is 0 Å². The molecule has 0 spiro atoms. The molecule has 2 aliphatic rings. The Hall–Kier alpha value is -3.57. The zero-order valence-electron chi connectivity index (χ0n) is 20.1. The zero-order chi connectivity index (χ0) is 25.8. The molecule has 0 atom stereocenters. The number of anilines is 4. The third-order valence-electron chi connectivity index (χ3n) is 6.33. The molecule has 8 nitrogen and oxygen atoms in total. The van der Waals surface area contributed by atoms with Gasteiger partial charge in [-0.05, 0) is 42.5 Å². The first kappa shape index (κ1) is 25.1. The van der Waals surface area contributed by atoms with E-state index in [1.807, 2.05) is 6.07 Å². The second-order valence-electron chi connectivity index (χ2n) is 8.90. The molecule has 0 saturated carbocycles. The highest BCUT2D eigenvalue weighted by Crippen LogP contribution is 2.39. The highest BCUT2D eigenvalue weighted by atomic mass is 19.4. The molecule has 2 aromatic carbocycles. The summed E-state index contributed by atoms with van der Waals surface area (Å²) in [5.74, 6) is 0.772. The van der Waals surface area contributed by atoms with E-state index in [1.54, 1.807) is 35.4 Å². The van der Waals surface area contributed by atoms with Crippen LogP contribution in [-0.2, 0) is 15.7 Å². The Morgan fingerprint density at radius 3 is 2.46 bits per heavy atom. The van der Waals surface area contributed by atoms with Gasteiger partial charge in [-0.25, -0.2) is 9.97 Å². The van der Waals surface area contributed by atoms with Crippen molar-refractivity contribution < 1.29 is 27.4 Å². The quantitative estimate of drug-likeness (QED) is 0.449. The van der Waals surface area contributed by atoms with Crippen molar-refractivity contribution in [1.82, 2.24) is 9.97 Å². The van der Waals surface area contributed by atoms with Crippen LogP contribution in [-0.4, -0.2) is 55.6 Å². The number of ether oxygens (including phenoxy) is 3. The number of halogens is 3. The van der Waals surface area contributed by atoms with E-state index in [4.69, 9.17) is 19.9 Å². The first-order valence-electron chi connectivity index (χ1n) is 12.1. The summed E-state index contributed by atoms with van der Waals surface area (Å²) in [5, 5.41) is 2.90. The molecule has 2 fully saturated rings. The van der Waals surface area contributed by atoms with E-state index in [0.29, 0.717) is 56.6 Å². The van der Waals surface area contributed by atoms with Gasteiger partial charge in [0.2, 0.25) is 5.95 Å². The van der Waals surface area contributed by atoms with Gasteiger partial charge in [-0.15, -0.1) is 0 Å². The summed E-state index contributed by atoms with van der Waals surface area (Å²) in [5.41, 5.74) is 7.68. The average Bonchev–Trinajstić information content (AvgIpc) is 2.91. The van der Waals surface area contributed by atoms with Gasteiger partial charge in [0.1, 0.15) is 11.9 Å². The number of alkyl halides is 3. The number of aromatic nitrogens is 2. The molecular weight excluding hydrogens is 487 g/mol. The fourth-order valence-electron chi connectivity index (χ4n) is 4.42. The molecule has 3 N–H and O–H groups in total. The van der Waals surface area contributed by atoms with Gasteiger partial charge in [-0.1, -0.05) is 0 Å². The molecule has 3 heterocycles. The summed E-state index contributed by atoms with van der Waals surface area (Å²) < 4.78 is 58.3. The standard InChI is InChI=1S/C26H28F3N5O3/c27-26(28,29)20-16-18(2-3-23(20)34-9-13-36-14-10-34)32-25-31-8-5-22(33-25)17-1-4-24(21(30)15-17)37-19-6-11-35-12-7-19/h1-5,8,15-16,19H,6-7,9-14,30H2,(H,31,32,33). The lowest BCUT2D eigenvalue weighted by Crippen LogP contribution is -2.37. The molecule has 2 saturated heterocycles. The topological polar surface area (TPSA) is 94.8 Å². The lowest BCUT2D eigenvalue weighted by molar-refractivity contribution is -0.137. The van der Waals surface area contributed by atoms with E-state index < -0.39 is 11.7 Å². The van der Waals surface area contributed by atoms with Gasteiger partial charge < -0.3 is 30.2 Å². The van der Waals surface area contributed by atoms with E-state index in [1.165, 1.54) is 6.07 Å². The van der Waals surface area contributed by atoms with Gasteiger partial charge in [-0.3, -0.25) is 0 Å². The van der Waals surface area contributed by atoms with Gasteiger partial charge >= 0.3 is 6.18 Å². The SMILES string of the molecule is Nc1cc(-c2ccnc(Nc3ccc(N4CCOCC4)c(C(F)(F)F)c3)n2)ccc1OC1CCOCC1. The molecule has 37 heavy (non-hydrogen) atoms. The Bertz CT molecular complexity index is 1230. The summed E-state index contributed by atoms with van der Waals surface area (Å²) in [6.45, 7) is 2.93. The highest BCUT2D eigenvalue weighted by molar-refractivity contribution is 5.70. The van der Waals surface area contributed by atoms with Crippen LogP contribution in [0.25, 0.3) is 11.3 Å². The fraction of sp³-hybridized carbons (Fsp3) is 0.385. The minimum Gasteiger partial charge on any atom is -0.488 e. The molecule has 5 rings (SSSR count).